The van der Waals surface area contributed by atoms with Crippen LogP contribution in [0.2, 0.25) is 0 Å². The fraction of sp³-hybridized carbons (Fsp3) is 0.409. The molecule has 5 nitrogen and oxygen atoms in total. The fourth-order valence-electron chi connectivity index (χ4n) is 3.59. The number of rotatable bonds is 5. The molecule has 1 amide bonds. The monoisotopic (exact) mass is 400 g/mol. The van der Waals surface area contributed by atoms with Gasteiger partial charge < -0.3 is 4.90 Å². The van der Waals surface area contributed by atoms with E-state index < -0.39 is 10.0 Å². The zero-order chi connectivity index (χ0) is 20.5. The number of nitrogens with zero attached hydrogens (tertiary/aromatic N) is 2. The minimum Gasteiger partial charge on any atom is -0.312 e. The highest BCUT2D eigenvalue weighted by atomic mass is 32.2. The van der Waals surface area contributed by atoms with Crippen molar-refractivity contribution in [3.05, 3.63) is 59.2 Å². The second-order valence-electron chi connectivity index (χ2n) is 7.72. The van der Waals surface area contributed by atoms with Gasteiger partial charge in [-0.2, -0.15) is 4.31 Å². The highest BCUT2D eigenvalue weighted by Crippen LogP contribution is 2.30. The molecule has 150 valence electrons. The van der Waals surface area contributed by atoms with Crippen LogP contribution in [0.4, 0.5) is 5.69 Å². The Morgan fingerprint density at radius 2 is 1.82 bits per heavy atom. The highest BCUT2D eigenvalue weighted by molar-refractivity contribution is 7.89. The molecule has 0 radical (unpaired) electrons. The van der Waals surface area contributed by atoms with Gasteiger partial charge in [-0.1, -0.05) is 38.1 Å². The molecule has 1 aliphatic heterocycles. The molecule has 0 spiro atoms. The van der Waals surface area contributed by atoms with E-state index in [1.54, 1.807) is 30.1 Å². The van der Waals surface area contributed by atoms with Crippen LogP contribution < -0.4 is 4.90 Å². The van der Waals surface area contributed by atoms with Crippen LogP contribution in [0.25, 0.3) is 0 Å². The normalized spacial score (nSPS) is 14.4. The van der Waals surface area contributed by atoms with Gasteiger partial charge in [-0.15, -0.1) is 0 Å². The minimum atomic E-state index is -3.60. The predicted molar refractivity (Wildman–Crippen MR) is 112 cm³/mol. The Bertz CT molecular complexity index is 966. The molecule has 0 bridgehead atoms. The van der Waals surface area contributed by atoms with Crippen molar-refractivity contribution >= 4 is 21.6 Å². The van der Waals surface area contributed by atoms with Crippen molar-refractivity contribution in [2.24, 2.45) is 0 Å². The molecule has 2 aromatic carbocycles. The molecule has 6 heteroatoms. The molecule has 0 fully saturated rings. The lowest BCUT2D eigenvalue weighted by atomic mass is 10.0. The van der Waals surface area contributed by atoms with E-state index in [-0.39, 0.29) is 10.8 Å². The predicted octanol–water partition coefficient (Wildman–Crippen LogP) is 3.93. The summed E-state index contributed by atoms with van der Waals surface area (Å²) >= 11 is 0. The number of carbonyl (C=O) groups is 1. The van der Waals surface area contributed by atoms with Crippen molar-refractivity contribution in [1.29, 1.82) is 0 Å². The molecular weight excluding hydrogens is 372 g/mol. The van der Waals surface area contributed by atoms with E-state index in [1.807, 2.05) is 12.1 Å². The van der Waals surface area contributed by atoms with Gasteiger partial charge in [0, 0.05) is 32.7 Å². The van der Waals surface area contributed by atoms with Gasteiger partial charge in [0.1, 0.15) is 0 Å². The van der Waals surface area contributed by atoms with Crippen molar-refractivity contribution in [2.75, 3.05) is 18.5 Å². The van der Waals surface area contributed by atoms with E-state index in [0.29, 0.717) is 19.0 Å². The average molecular weight is 401 g/mol. The van der Waals surface area contributed by atoms with Crippen LogP contribution in [0.1, 0.15) is 49.8 Å². The number of amides is 1. The summed E-state index contributed by atoms with van der Waals surface area (Å²) in [6.45, 7) is 6.81. The Labute approximate surface area is 168 Å². The molecule has 0 N–H and O–H groups in total. The minimum absolute atomic E-state index is 0.0153. The second-order valence-corrected chi connectivity index (χ2v) is 9.77. The first-order chi connectivity index (χ1) is 13.2. The van der Waals surface area contributed by atoms with E-state index >= 15 is 0 Å². The fourth-order valence-corrected chi connectivity index (χ4v) is 4.80. The van der Waals surface area contributed by atoms with Crippen molar-refractivity contribution < 1.29 is 13.2 Å². The van der Waals surface area contributed by atoms with Crippen molar-refractivity contribution in [1.82, 2.24) is 4.31 Å². The Morgan fingerprint density at radius 3 is 2.43 bits per heavy atom. The summed E-state index contributed by atoms with van der Waals surface area (Å²) in [5, 5.41) is 0. The van der Waals surface area contributed by atoms with E-state index in [4.69, 9.17) is 0 Å². The molecule has 1 heterocycles. The van der Waals surface area contributed by atoms with Gasteiger partial charge in [-0.05, 0) is 53.6 Å². The molecule has 28 heavy (non-hydrogen) atoms. The van der Waals surface area contributed by atoms with Gasteiger partial charge in [0.25, 0.3) is 0 Å². The third-order valence-electron chi connectivity index (χ3n) is 5.31. The first-order valence-corrected chi connectivity index (χ1v) is 11.1. The molecule has 0 aliphatic carbocycles. The Balaban J connectivity index is 1.83. The largest absolute Gasteiger partial charge is 0.312 e. The molecule has 0 aromatic heterocycles. The van der Waals surface area contributed by atoms with Crippen LogP contribution in [0.5, 0.6) is 0 Å². The smallest absolute Gasteiger partial charge is 0.243 e. The van der Waals surface area contributed by atoms with Crippen LogP contribution in [-0.2, 0) is 27.8 Å². The van der Waals surface area contributed by atoms with E-state index in [1.165, 1.54) is 16.8 Å². The quantitative estimate of drug-likeness (QED) is 0.764. The molecule has 0 unspecified atom stereocenters. The lowest BCUT2D eigenvalue weighted by molar-refractivity contribution is -0.116. The third kappa shape index (κ3) is 4.13. The van der Waals surface area contributed by atoms with Gasteiger partial charge in [0.2, 0.25) is 15.9 Å². The zero-order valence-electron chi connectivity index (χ0n) is 17.0. The van der Waals surface area contributed by atoms with Crippen LogP contribution >= 0.6 is 0 Å². The van der Waals surface area contributed by atoms with Crippen LogP contribution in [0.15, 0.2) is 47.4 Å². The number of hydrogen-bond donors (Lipinski definition) is 0. The Kier molecular flexibility index (Phi) is 5.91. The number of hydrogen-bond acceptors (Lipinski definition) is 3. The molecule has 0 atom stereocenters. The molecule has 3 rings (SSSR count). The average Bonchev–Trinajstić information content (AvgIpc) is 2.67. The van der Waals surface area contributed by atoms with Gasteiger partial charge >= 0.3 is 0 Å². The summed E-state index contributed by atoms with van der Waals surface area (Å²) in [6, 6.07) is 13.2. The van der Waals surface area contributed by atoms with Crippen molar-refractivity contribution in [3.8, 4) is 0 Å². The maximum Gasteiger partial charge on any atom is 0.243 e. The lowest BCUT2D eigenvalue weighted by Gasteiger charge is -2.29. The maximum atomic E-state index is 13.1. The van der Waals surface area contributed by atoms with Crippen molar-refractivity contribution in [2.45, 2.75) is 51.0 Å². The first kappa shape index (κ1) is 20.6. The number of benzene rings is 2. The van der Waals surface area contributed by atoms with Gasteiger partial charge in [0.15, 0.2) is 0 Å². The highest BCUT2D eigenvalue weighted by Gasteiger charge is 2.25. The summed E-state index contributed by atoms with van der Waals surface area (Å²) in [5.74, 6) is 0.430. The summed E-state index contributed by atoms with van der Waals surface area (Å²) in [4.78, 5) is 13.8. The van der Waals surface area contributed by atoms with Crippen molar-refractivity contribution in [3.63, 3.8) is 0 Å². The van der Waals surface area contributed by atoms with Gasteiger partial charge in [-0.25, -0.2) is 8.42 Å². The summed E-state index contributed by atoms with van der Waals surface area (Å²) < 4.78 is 27.5. The molecule has 0 saturated heterocycles. The maximum absolute atomic E-state index is 13.1. The first-order valence-electron chi connectivity index (χ1n) is 9.66. The summed E-state index contributed by atoms with van der Waals surface area (Å²) in [5.41, 5.74) is 3.93. The third-order valence-corrected chi connectivity index (χ3v) is 7.11. The number of carbonyl (C=O) groups excluding carboxylic acids is 1. The standard InChI is InChI=1S/C22H28N2O3S/c1-16(2)19-9-7-18(8-10-19)15-23(4)28(26,27)21-11-12-22-20(14-21)6-5-13-24(22)17(3)25/h7-12,14,16H,5-6,13,15H2,1-4H3. The Morgan fingerprint density at radius 1 is 1.14 bits per heavy atom. The second kappa shape index (κ2) is 8.05. The van der Waals surface area contributed by atoms with Crippen LogP contribution in [0, 0.1) is 0 Å². The number of anilines is 1. The molecule has 0 saturated carbocycles. The lowest BCUT2D eigenvalue weighted by Crippen LogP contribution is -2.34. The van der Waals surface area contributed by atoms with Gasteiger partial charge in [0.05, 0.1) is 4.90 Å². The SMILES string of the molecule is CC(=O)N1CCCc2cc(S(=O)(=O)N(C)Cc3ccc(C(C)C)cc3)ccc21. The Hall–Kier alpha value is -2.18. The van der Waals surface area contributed by atoms with E-state index in [0.717, 1.165) is 29.7 Å². The number of fused-ring (bicyclic) bond motifs is 1. The molecule has 1 aliphatic rings. The topological polar surface area (TPSA) is 57.7 Å². The zero-order valence-corrected chi connectivity index (χ0v) is 17.8. The summed E-state index contributed by atoms with van der Waals surface area (Å²) in [6.07, 6.45) is 1.62. The molecular formula is C22H28N2O3S. The number of aryl methyl sites for hydroxylation is 1. The van der Waals surface area contributed by atoms with Crippen LogP contribution in [0.3, 0.4) is 0 Å². The van der Waals surface area contributed by atoms with E-state index in [2.05, 4.69) is 26.0 Å². The van der Waals surface area contributed by atoms with Crippen LogP contribution in [-0.4, -0.2) is 32.2 Å². The molecule has 2 aromatic rings. The van der Waals surface area contributed by atoms with Gasteiger partial charge in [-0.3, -0.25) is 4.79 Å². The number of sulfonamides is 1. The summed E-state index contributed by atoms with van der Waals surface area (Å²) in [7, 11) is -2.00. The van der Waals surface area contributed by atoms with E-state index in [9.17, 15) is 13.2 Å².